The van der Waals surface area contributed by atoms with E-state index in [0.717, 1.165) is 30.8 Å². The Kier molecular flexibility index (Phi) is 3.92. The Labute approximate surface area is 110 Å². The highest BCUT2D eigenvalue weighted by molar-refractivity contribution is 9.10. The molecule has 0 saturated heterocycles. The standard InChI is InChI=1S/C13H18BrNO2/c1-3-12(14)13(16)15(10-5-6-10)8-11-7-4-9(2)17-11/h4,7,10,12H,3,5-6,8H2,1-2H3. The third-order valence-electron chi connectivity index (χ3n) is 3.02. The fourth-order valence-corrected chi connectivity index (χ4v) is 2.13. The van der Waals surface area contributed by atoms with Crippen LogP contribution in [0.2, 0.25) is 0 Å². The van der Waals surface area contributed by atoms with Crippen LogP contribution in [0.15, 0.2) is 16.5 Å². The van der Waals surface area contributed by atoms with Crippen molar-refractivity contribution in [3.63, 3.8) is 0 Å². The van der Waals surface area contributed by atoms with Gasteiger partial charge in [-0.1, -0.05) is 22.9 Å². The zero-order valence-electron chi connectivity index (χ0n) is 10.3. The Bertz CT molecular complexity index is 398. The van der Waals surface area contributed by atoms with Crippen LogP contribution in [0.3, 0.4) is 0 Å². The minimum atomic E-state index is -0.0702. The molecule has 0 aliphatic heterocycles. The van der Waals surface area contributed by atoms with Crippen LogP contribution in [-0.4, -0.2) is 21.7 Å². The number of alkyl halides is 1. The third-order valence-corrected chi connectivity index (χ3v) is 4.06. The lowest BCUT2D eigenvalue weighted by Crippen LogP contribution is -2.37. The largest absolute Gasteiger partial charge is 0.464 e. The maximum absolute atomic E-state index is 12.2. The first kappa shape index (κ1) is 12.7. The molecule has 1 saturated carbocycles. The first-order chi connectivity index (χ1) is 8.11. The molecule has 1 aromatic rings. The molecule has 17 heavy (non-hydrogen) atoms. The molecule has 0 bridgehead atoms. The molecule has 2 rings (SSSR count). The van der Waals surface area contributed by atoms with Gasteiger partial charge in [-0.05, 0) is 38.3 Å². The lowest BCUT2D eigenvalue weighted by molar-refractivity contribution is -0.132. The van der Waals surface area contributed by atoms with Gasteiger partial charge in [0.25, 0.3) is 0 Å². The number of amides is 1. The number of carbonyl (C=O) groups is 1. The van der Waals surface area contributed by atoms with E-state index in [-0.39, 0.29) is 10.7 Å². The van der Waals surface area contributed by atoms with Crippen LogP contribution < -0.4 is 0 Å². The predicted octanol–water partition coefficient (Wildman–Crippen LogP) is 3.25. The van der Waals surface area contributed by atoms with Crippen molar-refractivity contribution < 1.29 is 9.21 Å². The first-order valence-electron chi connectivity index (χ1n) is 6.11. The molecule has 3 nitrogen and oxygen atoms in total. The fourth-order valence-electron chi connectivity index (χ4n) is 1.87. The molecule has 0 radical (unpaired) electrons. The van der Waals surface area contributed by atoms with Gasteiger partial charge in [0, 0.05) is 6.04 Å². The van der Waals surface area contributed by atoms with E-state index >= 15 is 0 Å². The summed E-state index contributed by atoms with van der Waals surface area (Å²) in [6.45, 7) is 4.53. The number of hydrogen-bond donors (Lipinski definition) is 0. The molecular formula is C13H18BrNO2. The van der Waals surface area contributed by atoms with Gasteiger partial charge in [0.05, 0.1) is 11.4 Å². The van der Waals surface area contributed by atoms with Crippen LogP contribution >= 0.6 is 15.9 Å². The molecule has 1 aliphatic rings. The smallest absolute Gasteiger partial charge is 0.236 e. The zero-order chi connectivity index (χ0) is 12.4. The van der Waals surface area contributed by atoms with Crippen molar-refractivity contribution in [2.24, 2.45) is 0 Å². The van der Waals surface area contributed by atoms with E-state index < -0.39 is 0 Å². The summed E-state index contributed by atoms with van der Waals surface area (Å²) in [6.07, 6.45) is 3.06. The first-order valence-corrected chi connectivity index (χ1v) is 7.03. The highest BCUT2D eigenvalue weighted by atomic mass is 79.9. The summed E-state index contributed by atoms with van der Waals surface area (Å²) in [4.78, 5) is 14.1. The quantitative estimate of drug-likeness (QED) is 0.782. The number of rotatable bonds is 5. The molecule has 1 aliphatic carbocycles. The maximum atomic E-state index is 12.2. The van der Waals surface area contributed by atoms with Crippen LogP contribution in [0.25, 0.3) is 0 Å². The van der Waals surface area contributed by atoms with Gasteiger partial charge in [-0.2, -0.15) is 0 Å². The minimum Gasteiger partial charge on any atom is -0.464 e. The summed E-state index contributed by atoms with van der Waals surface area (Å²) < 4.78 is 5.55. The Morgan fingerprint density at radius 1 is 1.59 bits per heavy atom. The Balaban J connectivity index is 2.05. The van der Waals surface area contributed by atoms with Gasteiger partial charge in [-0.25, -0.2) is 0 Å². The summed E-state index contributed by atoms with van der Waals surface area (Å²) in [7, 11) is 0. The van der Waals surface area contributed by atoms with Crippen LogP contribution in [0, 0.1) is 6.92 Å². The molecule has 0 N–H and O–H groups in total. The van der Waals surface area contributed by atoms with Crippen molar-refractivity contribution in [2.75, 3.05) is 0 Å². The molecular weight excluding hydrogens is 282 g/mol. The molecule has 1 heterocycles. The Hall–Kier alpha value is -0.770. The average molecular weight is 300 g/mol. The molecule has 1 atom stereocenters. The van der Waals surface area contributed by atoms with Crippen LogP contribution in [0.4, 0.5) is 0 Å². The lowest BCUT2D eigenvalue weighted by atomic mass is 10.2. The van der Waals surface area contributed by atoms with Crippen molar-refractivity contribution in [1.82, 2.24) is 4.90 Å². The molecule has 1 fully saturated rings. The molecule has 4 heteroatoms. The van der Waals surface area contributed by atoms with Crippen molar-refractivity contribution in [3.05, 3.63) is 23.7 Å². The zero-order valence-corrected chi connectivity index (χ0v) is 11.9. The summed E-state index contributed by atoms with van der Waals surface area (Å²) in [5.74, 6) is 1.96. The molecule has 0 aromatic carbocycles. The van der Waals surface area contributed by atoms with Crippen molar-refractivity contribution in [1.29, 1.82) is 0 Å². The highest BCUT2D eigenvalue weighted by Gasteiger charge is 2.35. The van der Waals surface area contributed by atoms with E-state index in [4.69, 9.17) is 4.42 Å². The number of hydrogen-bond acceptors (Lipinski definition) is 2. The predicted molar refractivity (Wildman–Crippen MR) is 70.0 cm³/mol. The van der Waals surface area contributed by atoms with E-state index in [1.54, 1.807) is 0 Å². The number of aryl methyl sites for hydroxylation is 1. The van der Waals surface area contributed by atoms with Crippen LogP contribution in [0.5, 0.6) is 0 Å². The van der Waals surface area contributed by atoms with Crippen LogP contribution in [-0.2, 0) is 11.3 Å². The van der Waals surface area contributed by atoms with E-state index in [1.165, 1.54) is 0 Å². The van der Waals surface area contributed by atoms with Gasteiger partial charge in [0.2, 0.25) is 5.91 Å². The van der Waals surface area contributed by atoms with Gasteiger partial charge in [-0.15, -0.1) is 0 Å². The second kappa shape index (κ2) is 5.25. The number of halogens is 1. The summed E-state index contributed by atoms with van der Waals surface area (Å²) in [5, 5.41) is 0. The Morgan fingerprint density at radius 2 is 2.29 bits per heavy atom. The molecule has 94 valence electrons. The highest BCUT2D eigenvalue weighted by Crippen LogP contribution is 2.30. The number of nitrogens with zero attached hydrogens (tertiary/aromatic N) is 1. The molecule has 1 unspecified atom stereocenters. The van der Waals surface area contributed by atoms with Gasteiger partial charge in [0.15, 0.2) is 0 Å². The second-order valence-corrected chi connectivity index (χ2v) is 5.69. The van der Waals surface area contributed by atoms with E-state index in [1.807, 2.05) is 30.9 Å². The topological polar surface area (TPSA) is 33.5 Å². The number of carbonyl (C=O) groups excluding carboxylic acids is 1. The number of furan rings is 1. The SMILES string of the molecule is CCC(Br)C(=O)N(Cc1ccc(C)o1)C1CC1. The third kappa shape index (κ3) is 3.12. The lowest BCUT2D eigenvalue weighted by Gasteiger charge is -2.23. The second-order valence-electron chi connectivity index (χ2n) is 4.59. The van der Waals surface area contributed by atoms with Gasteiger partial charge < -0.3 is 9.32 Å². The summed E-state index contributed by atoms with van der Waals surface area (Å²) in [6, 6.07) is 4.31. The maximum Gasteiger partial charge on any atom is 0.236 e. The normalized spacial score (nSPS) is 16.9. The van der Waals surface area contributed by atoms with Gasteiger partial charge >= 0.3 is 0 Å². The van der Waals surface area contributed by atoms with Crippen LogP contribution in [0.1, 0.15) is 37.7 Å². The minimum absolute atomic E-state index is 0.0702. The molecule has 1 aromatic heterocycles. The van der Waals surface area contributed by atoms with Gasteiger partial charge in [-0.3, -0.25) is 4.79 Å². The Morgan fingerprint density at radius 3 is 2.76 bits per heavy atom. The monoisotopic (exact) mass is 299 g/mol. The average Bonchev–Trinajstić information content (AvgIpc) is 3.08. The summed E-state index contributed by atoms with van der Waals surface area (Å²) in [5.41, 5.74) is 0. The van der Waals surface area contributed by atoms with Crippen molar-refractivity contribution in [3.8, 4) is 0 Å². The summed E-state index contributed by atoms with van der Waals surface area (Å²) >= 11 is 3.44. The molecule has 1 amide bonds. The van der Waals surface area contributed by atoms with E-state index in [2.05, 4.69) is 15.9 Å². The van der Waals surface area contributed by atoms with E-state index in [0.29, 0.717) is 12.6 Å². The molecule has 0 spiro atoms. The van der Waals surface area contributed by atoms with Crippen molar-refractivity contribution in [2.45, 2.75) is 50.5 Å². The van der Waals surface area contributed by atoms with E-state index in [9.17, 15) is 4.79 Å². The van der Waals surface area contributed by atoms with Crippen molar-refractivity contribution >= 4 is 21.8 Å². The van der Waals surface area contributed by atoms with Gasteiger partial charge in [0.1, 0.15) is 11.5 Å². The fraction of sp³-hybridized carbons (Fsp3) is 0.615.